The molecule has 2 aromatic rings. The second kappa shape index (κ2) is 7.54. The van der Waals surface area contributed by atoms with Crippen LogP contribution in [0.1, 0.15) is 36.2 Å². The molecular formula is C15H20N4O2. The summed E-state index contributed by atoms with van der Waals surface area (Å²) < 4.78 is 4.97. The molecule has 0 aliphatic heterocycles. The molecule has 0 radical (unpaired) electrons. The van der Waals surface area contributed by atoms with Crippen LogP contribution in [-0.4, -0.2) is 22.6 Å². The van der Waals surface area contributed by atoms with Crippen molar-refractivity contribution in [3.8, 4) is 0 Å². The van der Waals surface area contributed by atoms with Crippen molar-refractivity contribution in [2.45, 2.75) is 32.2 Å². The van der Waals surface area contributed by atoms with Crippen LogP contribution >= 0.6 is 0 Å². The highest BCUT2D eigenvalue weighted by Crippen LogP contribution is 2.14. The molecule has 0 saturated heterocycles. The lowest BCUT2D eigenvalue weighted by molar-refractivity contribution is -0.121. The van der Waals surface area contributed by atoms with E-state index in [1.54, 1.807) is 6.92 Å². The number of hydrogen-bond donors (Lipinski definition) is 2. The Hall–Kier alpha value is -2.21. The molecule has 2 rings (SSSR count). The highest BCUT2D eigenvalue weighted by molar-refractivity contribution is 5.75. The third-order valence-corrected chi connectivity index (χ3v) is 3.14. The van der Waals surface area contributed by atoms with Gasteiger partial charge in [0.1, 0.15) is 0 Å². The largest absolute Gasteiger partial charge is 0.356 e. The zero-order chi connectivity index (χ0) is 15.1. The second-order valence-corrected chi connectivity index (χ2v) is 4.89. The first-order chi connectivity index (χ1) is 10.1. The van der Waals surface area contributed by atoms with Gasteiger partial charge in [-0.05, 0) is 18.9 Å². The maximum atomic E-state index is 11.7. The number of carbonyl (C=O) groups is 1. The molecule has 0 aliphatic rings. The van der Waals surface area contributed by atoms with Gasteiger partial charge in [0.2, 0.25) is 11.8 Å². The van der Waals surface area contributed by atoms with Crippen molar-refractivity contribution in [2.75, 3.05) is 6.54 Å². The average molecular weight is 288 g/mol. The Morgan fingerprint density at radius 3 is 2.81 bits per heavy atom. The van der Waals surface area contributed by atoms with Gasteiger partial charge < -0.3 is 15.6 Å². The van der Waals surface area contributed by atoms with Gasteiger partial charge in [0.25, 0.3) is 0 Å². The lowest BCUT2D eigenvalue weighted by Crippen LogP contribution is -2.26. The van der Waals surface area contributed by atoms with Crippen molar-refractivity contribution < 1.29 is 9.32 Å². The van der Waals surface area contributed by atoms with E-state index in [1.807, 2.05) is 30.3 Å². The predicted molar refractivity (Wildman–Crippen MR) is 78.4 cm³/mol. The van der Waals surface area contributed by atoms with E-state index < -0.39 is 0 Å². The molecule has 1 amide bonds. The van der Waals surface area contributed by atoms with Crippen LogP contribution in [0.2, 0.25) is 0 Å². The zero-order valence-electron chi connectivity index (χ0n) is 12.1. The molecule has 1 aromatic heterocycles. The molecule has 1 heterocycles. The van der Waals surface area contributed by atoms with Crippen LogP contribution in [0.4, 0.5) is 0 Å². The van der Waals surface area contributed by atoms with Crippen LogP contribution in [0.25, 0.3) is 0 Å². The van der Waals surface area contributed by atoms with Crippen LogP contribution in [0, 0.1) is 6.92 Å². The maximum Gasteiger partial charge on any atom is 0.228 e. The topological polar surface area (TPSA) is 94.0 Å². The van der Waals surface area contributed by atoms with E-state index in [4.69, 9.17) is 10.3 Å². The molecule has 1 unspecified atom stereocenters. The van der Waals surface area contributed by atoms with E-state index >= 15 is 0 Å². The number of amides is 1. The van der Waals surface area contributed by atoms with Gasteiger partial charge in [-0.1, -0.05) is 35.5 Å². The number of nitrogens with two attached hydrogens (primary N) is 1. The van der Waals surface area contributed by atoms with Crippen molar-refractivity contribution >= 4 is 5.91 Å². The van der Waals surface area contributed by atoms with E-state index in [2.05, 4.69) is 15.5 Å². The summed E-state index contributed by atoms with van der Waals surface area (Å²) in [6.07, 6.45) is 1.56. The molecule has 0 aliphatic carbocycles. The van der Waals surface area contributed by atoms with Gasteiger partial charge in [-0.15, -0.1) is 0 Å². The summed E-state index contributed by atoms with van der Waals surface area (Å²) in [7, 11) is 0. The number of hydrogen-bond acceptors (Lipinski definition) is 5. The van der Waals surface area contributed by atoms with E-state index in [9.17, 15) is 4.79 Å². The van der Waals surface area contributed by atoms with E-state index in [-0.39, 0.29) is 11.9 Å². The minimum atomic E-state index is -0.115. The number of rotatable bonds is 7. The Kier molecular flexibility index (Phi) is 5.45. The van der Waals surface area contributed by atoms with Crippen LogP contribution < -0.4 is 11.1 Å². The van der Waals surface area contributed by atoms with Crippen molar-refractivity contribution in [1.82, 2.24) is 15.5 Å². The summed E-state index contributed by atoms with van der Waals surface area (Å²) in [5, 5.41) is 6.52. The standard InChI is InChI=1S/C15H20N4O2/c1-11-18-15(21-19-11)9-10-17-14(20)8-7-13(16)12-5-3-2-4-6-12/h2-6,13H,7-10,16H2,1H3,(H,17,20). The first-order valence-electron chi connectivity index (χ1n) is 7.01. The SMILES string of the molecule is Cc1noc(CCNC(=O)CCC(N)c2ccccc2)n1. The number of carbonyl (C=O) groups excluding carboxylic acids is 1. The Balaban J connectivity index is 1.65. The highest BCUT2D eigenvalue weighted by Gasteiger charge is 2.09. The van der Waals surface area contributed by atoms with E-state index in [0.717, 1.165) is 5.56 Å². The maximum absolute atomic E-state index is 11.7. The summed E-state index contributed by atoms with van der Waals surface area (Å²) in [6, 6.07) is 9.67. The third kappa shape index (κ3) is 5.00. The number of nitrogens with one attached hydrogen (secondary N) is 1. The molecule has 0 spiro atoms. The number of nitrogens with zero attached hydrogens (tertiary/aromatic N) is 2. The quantitative estimate of drug-likeness (QED) is 0.805. The van der Waals surface area contributed by atoms with Crippen LogP contribution in [0.3, 0.4) is 0 Å². The Morgan fingerprint density at radius 1 is 1.38 bits per heavy atom. The first kappa shape index (κ1) is 15.2. The normalized spacial score (nSPS) is 12.1. The summed E-state index contributed by atoms with van der Waals surface area (Å²) in [4.78, 5) is 15.8. The molecular weight excluding hydrogens is 268 g/mol. The van der Waals surface area contributed by atoms with Gasteiger partial charge >= 0.3 is 0 Å². The second-order valence-electron chi connectivity index (χ2n) is 4.89. The molecule has 3 N–H and O–H groups in total. The van der Waals surface area contributed by atoms with Gasteiger partial charge in [0.05, 0.1) is 0 Å². The lowest BCUT2D eigenvalue weighted by atomic mass is 10.0. The van der Waals surface area contributed by atoms with Crippen LogP contribution in [0.5, 0.6) is 0 Å². The number of aryl methyl sites for hydroxylation is 1. The molecule has 0 saturated carbocycles. The lowest BCUT2D eigenvalue weighted by Gasteiger charge is -2.11. The first-order valence-corrected chi connectivity index (χ1v) is 7.01. The van der Waals surface area contributed by atoms with Crippen molar-refractivity contribution in [1.29, 1.82) is 0 Å². The molecule has 6 nitrogen and oxygen atoms in total. The van der Waals surface area contributed by atoms with Gasteiger partial charge in [0.15, 0.2) is 5.82 Å². The van der Waals surface area contributed by atoms with Crippen molar-refractivity contribution in [2.24, 2.45) is 5.73 Å². The minimum Gasteiger partial charge on any atom is -0.356 e. The molecule has 0 bridgehead atoms. The molecule has 21 heavy (non-hydrogen) atoms. The van der Waals surface area contributed by atoms with Crippen molar-refractivity contribution in [3.63, 3.8) is 0 Å². The van der Waals surface area contributed by atoms with Gasteiger partial charge in [-0.3, -0.25) is 4.79 Å². The fourth-order valence-corrected chi connectivity index (χ4v) is 1.99. The monoisotopic (exact) mass is 288 g/mol. The van der Waals surface area contributed by atoms with Gasteiger partial charge in [0, 0.05) is 25.4 Å². The molecule has 1 atom stereocenters. The smallest absolute Gasteiger partial charge is 0.228 e. The van der Waals surface area contributed by atoms with Gasteiger partial charge in [-0.25, -0.2) is 0 Å². The summed E-state index contributed by atoms with van der Waals surface area (Å²) in [5.41, 5.74) is 7.10. The average Bonchev–Trinajstić information content (AvgIpc) is 2.91. The summed E-state index contributed by atoms with van der Waals surface area (Å²) in [6.45, 7) is 2.25. The molecule has 0 fully saturated rings. The van der Waals surface area contributed by atoms with E-state index in [0.29, 0.717) is 37.5 Å². The van der Waals surface area contributed by atoms with E-state index in [1.165, 1.54) is 0 Å². The minimum absolute atomic E-state index is 0.0161. The van der Waals surface area contributed by atoms with Crippen LogP contribution in [-0.2, 0) is 11.2 Å². The Morgan fingerprint density at radius 2 is 2.14 bits per heavy atom. The Bertz CT molecular complexity index is 568. The third-order valence-electron chi connectivity index (χ3n) is 3.14. The molecule has 6 heteroatoms. The fraction of sp³-hybridized carbons (Fsp3) is 0.400. The fourth-order valence-electron chi connectivity index (χ4n) is 1.99. The molecule has 112 valence electrons. The number of benzene rings is 1. The molecule has 1 aromatic carbocycles. The summed E-state index contributed by atoms with van der Waals surface area (Å²) in [5.74, 6) is 1.12. The highest BCUT2D eigenvalue weighted by atomic mass is 16.5. The van der Waals surface area contributed by atoms with Gasteiger partial charge in [-0.2, -0.15) is 4.98 Å². The van der Waals surface area contributed by atoms with Crippen LogP contribution in [0.15, 0.2) is 34.9 Å². The predicted octanol–water partition coefficient (Wildman–Crippen LogP) is 1.52. The van der Waals surface area contributed by atoms with Crippen molar-refractivity contribution in [3.05, 3.63) is 47.6 Å². The number of aromatic nitrogens is 2. The zero-order valence-corrected chi connectivity index (χ0v) is 12.1. The summed E-state index contributed by atoms with van der Waals surface area (Å²) >= 11 is 0. The Labute approximate surface area is 123 Å².